The molecule has 2 rings (SSSR count). The Labute approximate surface area is 146 Å². The molecule has 1 aromatic heterocycles. The molecule has 1 aliphatic heterocycles. The summed E-state index contributed by atoms with van der Waals surface area (Å²) in [6, 6.07) is 0. The lowest BCUT2D eigenvalue weighted by Crippen LogP contribution is -2.38. The Morgan fingerprint density at radius 2 is 1.88 bits per heavy atom. The number of hydrogen-bond acceptors (Lipinski definition) is 5. The smallest absolute Gasteiger partial charge is 0.131 e. The van der Waals surface area contributed by atoms with Crippen molar-refractivity contribution in [2.24, 2.45) is 13.0 Å². The van der Waals surface area contributed by atoms with Gasteiger partial charge in [-0.1, -0.05) is 20.8 Å². The summed E-state index contributed by atoms with van der Waals surface area (Å²) < 4.78 is 7.52. The highest BCUT2D eigenvalue weighted by molar-refractivity contribution is 5.51. The van der Waals surface area contributed by atoms with Crippen molar-refractivity contribution in [3.63, 3.8) is 0 Å². The molecule has 138 valence electrons. The van der Waals surface area contributed by atoms with Crippen LogP contribution >= 0.6 is 0 Å². The zero-order valence-electron chi connectivity index (χ0n) is 15.9. The number of nitrogens with zero attached hydrogens (tertiary/aromatic N) is 3. The number of aromatic nitrogens is 2. The van der Waals surface area contributed by atoms with Crippen molar-refractivity contribution in [3.05, 3.63) is 11.3 Å². The molecule has 2 heterocycles. The molecule has 0 saturated carbocycles. The minimum absolute atomic E-state index is 0.240. The predicted molar refractivity (Wildman–Crippen MR) is 97.5 cm³/mol. The number of aryl methyl sites for hydroxylation is 1. The van der Waals surface area contributed by atoms with E-state index in [9.17, 15) is 5.11 Å². The zero-order valence-corrected chi connectivity index (χ0v) is 15.9. The van der Waals surface area contributed by atoms with E-state index in [0.29, 0.717) is 11.8 Å². The number of morpholine rings is 1. The van der Waals surface area contributed by atoms with Gasteiger partial charge in [-0.3, -0.25) is 4.68 Å². The van der Waals surface area contributed by atoms with Gasteiger partial charge in [0.05, 0.1) is 25.0 Å². The van der Waals surface area contributed by atoms with Crippen molar-refractivity contribution in [3.8, 4) is 0 Å². The quantitative estimate of drug-likeness (QED) is 0.758. The molecule has 1 aliphatic rings. The van der Waals surface area contributed by atoms with E-state index in [1.165, 1.54) is 17.1 Å². The standard InChI is InChI=1S/C18H34N4O2/c1-13(2)17-16(12-19-11-14(3)10-15(4)23)18(21(5)20-17)22-6-8-24-9-7-22/h13-15,19,23H,6-12H2,1-5H3. The molecule has 0 radical (unpaired) electrons. The highest BCUT2D eigenvalue weighted by Crippen LogP contribution is 2.29. The third kappa shape index (κ3) is 4.94. The molecule has 1 saturated heterocycles. The Bertz CT molecular complexity index is 507. The summed E-state index contributed by atoms with van der Waals surface area (Å²) in [4.78, 5) is 2.39. The topological polar surface area (TPSA) is 62.5 Å². The van der Waals surface area contributed by atoms with E-state index in [1.807, 2.05) is 18.7 Å². The van der Waals surface area contributed by atoms with Crippen molar-refractivity contribution in [1.82, 2.24) is 15.1 Å². The number of aliphatic hydroxyl groups is 1. The van der Waals surface area contributed by atoms with E-state index in [4.69, 9.17) is 9.84 Å². The summed E-state index contributed by atoms with van der Waals surface area (Å²) in [5, 5.41) is 17.9. The van der Waals surface area contributed by atoms with Crippen LogP contribution in [0.15, 0.2) is 0 Å². The van der Waals surface area contributed by atoms with Gasteiger partial charge in [0.1, 0.15) is 5.82 Å². The fraction of sp³-hybridized carbons (Fsp3) is 0.833. The Kier molecular flexibility index (Phi) is 7.07. The maximum atomic E-state index is 9.51. The monoisotopic (exact) mass is 338 g/mol. The first-order valence-electron chi connectivity index (χ1n) is 9.17. The number of hydrogen-bond donors (Lipinski definition) is 2. The summed E-state index contributed by atoms with van der Waals surface area (Å²) in [6.45, 7) is 13.5. The lowest BCUT2D eigenvalue weighted by Gasteiger charge is -2.30. The van der Waals surface area contributed by atoms with Crippen molar-refractivity contribution < 1.29 is 9.84 Å². The van der Waals surface area contributed by atoms with Gasteiger partial charge in [0.2, 0.25) is 0 Å². The second kappa shape index (κ2) is 8.83. The van der Waals surface area contributed by atoms with E-state index in [-0.39, 0.29) is 6.10 Å². The average Bonchev–Trinajstić information content (AvgIpc) is 2.84. The van der Waals surface area contributed by atoms with Crippen LogP contribution in [0.25, 0.3) is 0 Å². The maximum Gasteiger partial charge on any atom is 0.131 e. The van der Waals surface area contributed by atoms with Gasteiger partial charge in [-0.05, 0) is 31.7 Å². The van der Waals surface area contributed by atoms with E-state index < -0.39 is 0 Å². The highest BCUT2D eigenvalue weighted by atomic mass is 16.5. The fourth-order valence-corrected chi connectivity index (χ4v) is 3.49. The lowest BCUT2D eigenvalue weighted by molar-refractivity contribution is 0.122. The van der Waals surface area contributed by atoms with Gasteiger partial charge in [-0.25, -0.2) is 0 Å². The Balaban J connectivity index is 2.10. The number of anilines is 1. The first-order chi connectivity index (χ1) is 11.4. The van der Waals surface area contributed by atoms with Gasteiger partial charge in [0, 0.05) is 32.2 Å². The minimum Gasteiger partial charge on any atom is -0.393 e. The van der Waals surface area contributed by atoms with Crippen molar-refractivity contribution >= 4 is 5.82 Å². The molecule has 0 aromatic carbocycles. The molecule has 0 bridgehead atoms. The molecule has 6 heteroatoms. The van der Waals surface area contributed by atoms with Gasteiger partial charge in [-0.2, -0.15) is 5.10 Å². The Morgan fingerprint density at radius 3 is 2.46 bits per heavy atom. The van der Waals surface area contributed by atoms with Crippen LogP contribution in [0.3, 0.4) is 0 Å². The van der Waals surface area contributed by atoms with E-state index in [0.717, 1.165) is 45.8 Å². The molecule has 1 aromatic rings. The van der Waals surface area contributed by atoms with Gasteiger partial charge < -0.3 is 20.1 Å². The molecule has 0 spiro atoms. The van der Waals surface area contributed by atoms with Crippen LogP contribution in [0.1, 0.15) is 51.3 Å². The number of aliphatic hydroxyl groups excluding tert-OH is 1. The predicted octanol–water partition coefficient (Wildman–Crippen LogP) is 1.88. The first-order valence-corrected chi connectivity index (χ1v) is 9.17. The summed E-state index contributed by atoms with van der Waals surface area (Å²) >= 11 is 0. The van der Waals surface area contributed by atoms with Crippen LogP contribution < -0.4 is 10.2 Å². The number of rotatable bonds is 8. The summed E-state index contributed by atoms with van der Waals surface area (Å²) in [5.41, 5.74) is 2.48. The van der Waals surface area contributed by atoms with Crippen LogP contribution in [0.4, 0.5) is 5.82 Å². The largest absolute Gasteiger partial charge is 0.393 e. The summed E-state index contributed by atoms with van der Waals surface area (Å²) in [5.74, 6) is 2.08. The number of nitrogens with one attached hydrogen (secondary N) is 1. The second-order valence-corrected chi connectivity index (χ2v) is 7.39. The molecule has 2 N–H and O–H groups in total. The molecule has 6 nitrogen and oxygen atoms in total. The summed E-state index contributed by atoms with van der Waals surface area (Å²) in [6.07, 6.45) is 0.586. The van der Waals surface area contributed by atoms with Crippen molar-refractivity contribution in [2.45, 2.75) is 52.7 Å². The van der Waals surface area contributed by atoms with Gasteiger partial charge in [0.15, 0.2) is 0 Å². The van der Waals surface area contributed by atoms with Crippen LogP contribution in [-0.4, -0.2) is 53.8 Å². The normalized spacial score (nSPS) is 18.2. The molecule has 1 fully saturated rings. The average molecular weight is 338 g/mol. The van der Waals surface area contributed by atoms with Crippen LogP contribution in [-0.2, 0) is 18.3 Å². The van der Waals surface area contributed by atoms with Crippen LogP contribution in [0.2, 0.25) is 0 Å². The molecule has 24 heavy (non-hydrogen) atoms. The minimum atomic E-state index is -0.240. The molecule has 0 amide bonds. The van der Waals surface area contributed by atoms with Gasteiger partial charge >= 0.3 is 0 Å². The SMILES string of the molecule is CC(O)CC(C)CNCc1c(C(C)C)nn(C)c1N1CCOCC1. The van der Waals surface area contributed by atoms with E-state index in [2.05, 4.69) is 31.0 Å². The van der Waals surface area contributed by atoms with Crippen molar-refractivity contribution in [1.29, 1.82) is 0 Å². The maximum absolute atomic E-state index is 9.51. The molecular weight excluding hydrogens is 304 g/mol. The second-order valence-electron chi connectivity index (χ2n) is 7.39. The Hall–Kier alpha value is -1.11. The highest BCUT2D eigenvalue weighted by Gasteiger charge is 2.24. The zero-order chi connectivity index (χ0) is 17.7. The van der Waals surface area contributed by atoms with Gasteiger partial charge in [-0.15, -0.1) is 0 Å². The first kappa shape index (κ1) is 19.2. The number of ether oxygens (including phenoxy) is 1. The third-order valence-corrected chi connectivity index (χ3v) is 4.54. The Morgan fingerprint density at radius 1 is 1.21 bits per heavy atom. The van der Waals surface area contributed by atoms with E-state index in [1.54, 1.807) is 0 Å². The lowest BCUT2D eigenvalue weighted by atomic mass is 10.0. The molecule has 2 unspecified atom stereocenters. The third-order valence-electron chi connectivity index (χ3n) is 4.54. The molecular formula is C18H34N4O2. The molecule has 0 aliphatic carbocycles. The van der Waals surface area contributed by atoms with Crippen molar-refractivity contribution in [2.75, 3.05) is 37.7 Å². The molecule has 2 atom stereocenters. The fourth-order valence-electron chi connectivity index (χ4n) is 3.49. The summed E-state index contributed by atoms with van der Waals surface area (Å²) in [7, 11) is 2.04. The van der Waals surface area contributed by atoms with Crippen LogP contribution in [0.5, 0.6) is 0 Å². The van der Waals surface area contributed by atoms with E-state index >= 15 is 0 Å². The van der Waals surface area contributed by atoms with Crippen LogP contribution in [0, 0.1) is 5.92 Å². The van der Waals surface area contributed by atoms with Gasteiger partial charge in [0.25, 0.3) is 0 Å².